The minimum absolute atomic E-state index is 0.263. The molecule has 0 unspecified atom stereocenters. The van der Waals surface area contributed by atoms with Crippen LogP contribution in [0.25, 0.3) is 21.9 Å². The monoisotopic (exact) mass is 328 g/mol. The molecule has 2 aromatic heterocycles. The van der Waals surface area contributed by atoms with Crippen LogP contribution in [0.3, 0.4) is 0 Å². The maximum atomic E-state index is 11.4. The van der Waals surface area contributed by atoms with Gasteiger partial charge in [0.05, 0.1) is 6.26 Å². The van der Waals surface area contributed by atoms with Crippen molar-refractivity contribution in [1.29, 1.82) is 0 Å². The fourth-order valence-electron chi connectivity index (χ4n) is 2.45. The summed E-state index contributed by atoms with van der Waals surface area (Å²) in [5, 5.41) is 1.58. The van der Waals surface area contributed by atoms with Gasteiger partial charge in [0.15, 0.2) is 0 Å². The van der Waals surface area contributed by atoms with Crippen molar-refractivity contribution in [2.75, 3.05) is 16.7 Å². The molecule has 0 saturated carbocycles. The number of benzene rings is 1. The maximum absolute atomic E-state index is 11.4. The number of hydrogen-bond donors (Lipinski definition) is 2. The van der Waals surface area contributed by atoms with E-state index in [0.717, 1.165) is 33.7 Å². The highest BCUT2D eigenvalue weighted by molar-refractivity contribution is 7.92. The van der Waals surface area contributed by atoms with Crippen molar-refractivity contribution < 1.29 is 8.42 Å². The van der Waals surface area contributed by atoms with Crippen molar-refractivity contribution in [2.24, 2.45) is 0 Å². The van der Waals surface area contributed by atoms with Crippen LogP contribution in [0.5, 0.6) is 0 Å². The van der Waals surface area contributed by atoms with E-state index in [1.807, 2.05) is 25.1 Å². The third kappa shape index (κ3) is 3.24. The molecule has 0 saturated heterocycles. The van der Waals surface area contributed by atoms with Gasteiger partial charge in [0.25, 0.3) is 0 Å². The van der Waals surface area contributed by atoms with Gasteiger partial charge in [-0.25, -0.2) is 13.4 Å². The fraction of sp³-hybridized carbons (Fsp3) is 0.125. The predicted molar refractivity (Wildman–Crippen MR) is 92.6 cm³/mol. The van der Waals surface area contributed by atoms with Crippen LogP contribution < -0.4 is 10.5 Å². The van der Waals surface area contributed by atoms with Gasteiger partial charge in [-0.3, -0.25) is 9.71 Å². The number of fused-ring (bicyclic) bond motifs is 1. The first-order chi connectivity index (χ1) is 10.8. The van der Waals surface area contributed by atoms with Crippen molar-refractivity contribution in [3.05, 3.63) is 48.4 Å². The van der Waals surface area contributed by atoms with Crippen LogP contribution in [0.4, 0.5) is 11.5 Å². The second kappa shape index (κ2) is 5.51. The number of hydrogen-bond acceptors (Lipinski definition) is 5. The summed E-state index contributed by atoms with van der Waals surface area (Å²) in [6.45, 7) is 2.00. The number of aromatic nitrogens is 2. The molecule has 6 nitrogen and oxygen atoms in total. The molecule has 0 bridgehead atoms. The van der Waals surface area contributed by atoms with Crippen molar-refractivity contribution in [3.8, 4) is 11.1 Å². The summed E-state index contributed by atoms with van der Waals surface area (Å²) in [4.78, 5) is 8.24. The lowest BCUT2D eigenvalue weighted by molar-refractivity contribution is 0.606. The first-order valence-corrected chi connectivity index (χ1v) is 8.81. The van der Waals surface area contributed by atoms with Gasteiger partial charge in [0.1, 0.15) is 5.82 Å². The highest BCUT2D eigenvalue weighted by Crippen LogP contribution is 2.31. The molecule has 3 aromatic rings. The lowest BCUT2D eigenvalue weighted by Crippen LogP contribution is -2.10. The normalized spacial score (nSPS) is 11.6. The van der Waals surface area contributed by atoms with Crippen LogP contribution in [-0.4, -0.2) is 24.6 Å². The topological polar surface area (TPSA) is 98.0 Å². The third-order valence-electron chi connectivity index (χ3n) is 3.51. The highest BCUT2D eigenvalue weighted by atomic mass is 32.2. The van der Waals surface area contributed by atoms with Gasteiger partial charge in [-0.05, 0) is 47.7 Å². The fourth-order valence-corrected chi connectivity index (χ4v) is 2.95. The molecule has 23 heavy (non-hydrogen) atoms. The molecule has 3 N–H and O–H groups in total. The minimum atomic E-state index is -3.38. The number of rotatable bonds is 3. The zero-order valence-corrected chi connectivity index (χ0v) is 13.6. The van der Waals surface area contributed by atoms with Gasteiger partial charge in [0, 0.05) is 35.2 Å². The quantitative estimate of drug-likeness (QED) is 0.720. The summed E-state index contributed by atoms with van der Waals surface area (Å²) in [6, 6.07) is 7.42. The van der Waals surface area contributed by atoms with E-state index in [9.17, 15) is 8.42 Å². The number of nitrogens with one attached hydrogen (secondary N) is 1. The van der Waals surface area contributed by atoms with Crippen LogP contribution >= 0.6 is 0 Å². The number of sulfonamides is 1. The maximum Gasteiger partial charge on any atom is 0.230 e. The van der Waals surface area contributed by atoms with E-state index < -0.39 is 10.0 Å². The summed E-state index contributed by atoms with van der Waals surface area (Å²) in [5.41, 5.74) is 9.70. The van der Waals surface area contributed by atoms with Crippen LogP contribution in [0, 0.1) is 6.92 Å². The summed E-state index contributed by atoms with van der Waals surface area (Å²) in [6.07, 6.45) is 6.18. The second-order valence-corrected chi connectivity index (χ2v) is 7.17. The van der Waals surface area contributed by atoms with Crippen molar-refractivity contribution >= 4 is 32.3 Å². The zero-order chi connectivity index (χ0) is 16.6. The SMILES string of the molecule is Cc1ccncc1-c1cc(N)c2cnc(NS(C)(=O)=O)cc2c1. The molecule has 3 rings (SSSR count). The van der Waals surface area contributed by atoms with E-state index in [1.165, 1.54) is 0 Å². The molecular formula is C16H16N4O2S. The molecule has 2 heterocycles. The van der Waals surface area contributed by atoms with Crippen molar-refractivity contribution in [3.63, 3.8) is 0 Å². The standard InChI is InChI=1S/C16H16N4O2S/c1-10-3-4-18-8-13(10)11-5-12-7-16(20-23(2,21)22)19-9-14(12)15(17)6-11/h3-9H,17H2,1-2H3,(H,19,20). The summed E-state index contributed by atoms with van der Waals surface area (Å²) in [5.74, 6) is 0.263. The van der Waals surface area contributed by atoms with Gasteiger partial charge in [0.2, 0.25) is 10.0 Å². The van der Waals surface area contributed by atoms with Gasteiger partial charge in [-0.2, -0.15) is 0 Å². The molecule has 0 aliphatic carbocycles. The number of nitrogens with two attached hydrogens (primary N) is 1. The Morgan fingerprint density at radius 2 is 1.96 bits per heavy atom. The molecule has 0 atom stereocenters. The molecule has 118 valence electrons. The molecule has 0 spiro atoms. The molecule has 1 aromatic carbocycles. The zero-order valence-electron chi connectivity index (χ0n) is 12.7. The highest BCUT2D eigenvalue weighted by Gasteiger charge is 2.09. The summed E-state index contributed by atoms with van der Waals surface area (Å²) in [7, 11) is -3.38. The van der Waals surface area contributed by atoms with Crippen LogP contribution in [0.1, 0.15) is 5.56 Å². The Labute approximate surface area is 134 Å². The van der Waals surface area contributed by atoms with Crippen LogP contribution in [-0.2, 0) is 10.0 Å². The smallest absolute Gasteiger partial charge is 0.230 e. The van der Waals surface area contributed by atoms with E-state index in [4.69, 9.17) is 5.73 Å². The Morgan fingerprint density at radius 3 is 2.65 bits per heavy atom. The third-order valence-corrected chi connectivity index (χ3v) is 4.09. The van der Waals surface area contributed by atoms with Gasteiger partial charge in [-0.1, -0.05) is 0 Å². The van der Waals surface area contributed by atoms with E-state index in [2.05, 4.69) is 14.7 Å². The lowest BCUT2D eigenvalue weighted by atomic mass is 9.99. The molecule has 0 radical (unpaired) electrons. The minimum Gasteiger partial charge on any atom is -0.398 e. The average molecular weight is 328 g/mol. The lowest BCUT2D eigenvalue weighted by Gasteiger charge is -2.10. The van der Waals surface area contributed by atoms with Crippen molar-refractivity contribution in [2.45, 2.75) is 6.92 Å². The average Bonchev–Trinajstić information content (AvgIpc) is 2.45. The largest absolute Gasteiger partial charge is 0.398 e. The molecule has 0 aliphatic heterocycles. The Bertz CT molecular complexity index is 1000. The van der Waals surface area contributed by atoms with Crippen LogP contribution in [0.15, 0.2) is 42.9 Å². The van der Waals surface area contributed by atoms with E-state index in [0.29, 0.717) is 5.69 Å². The van der Waals surface area contributed by atoms with Crippen LogP contribution in [0.2, 0.25) is 0 Å². The Morgan fingerprint density at radius 1 is 1.17 bits per heavy atom. The van der Waals surface area contributed by atoms with E-state index >= 15 is 0 Å². The summed E-state index contributed by atoms with van der Waals surface area (Å²) >= 11 is 0. The van der Waals surface area contributed by atoms with Gasteiger partial charge < -0.3 is 5.73 Å². The Kier molecular flexibility index (Phi) is 3.65. The second-order valence-electron chi connectivity index (χ2n) is 5.42. The molecule has 7 heteroatoms. The number of pyridine rings is 2. The molecule has 0 aliphatic rings. The predicted octanol–water partition coefficient (Wildman–Crippen LogP) is 2.56. The number of aryl methyl sites for hydroxylation is 1. The van der Waals surface area contributed by atoms with E-state index in [-0.39, 0.29) is 5.82 Å². The van der Waals surface area contributed by atoms with Gasteiger partial charge in [-0.15, -0.1) is 0 Å². The number of anilines is 2. The Hall–Kier alpha value is -2.67. The Balaban J connectivity index is 2.17. The van der Waals surface area contributed by atoms with Gasteiger partial charge >= 0.3 is 0 Å². The first kappa shape index (κ1) is 15.2. The van der Waals surface area contributed by atoms with E-state index in [1.54, 1.807) is 24.7 Å². The van der Waals surface area contributed by atoms with Crippen molar-refractivity contribution in [1.82, 2.24) is 9.97 Å². The molecular weight excluding hydrogens is 312 g/mol. The molecule has 0 amide bonds. The molecule has 0 fully saturated rings. The number of nitrogen functional groups attached to an aromatic ring is 1. The first-order valence-electron chi connectivity index (χ1n) is 6.91. The number of nitrogens with zero attached hydrogens (tertiary/aromatic N) is 2. The summed E-state index contributed by atoms with van der Waals surface area (Å²) < 4.78 is 25.1.